The van der Waals surface area contributed by atoms with Crippen molar-refractivity contribution >= 4 is 5.95 Å². The fourth-order valence-corrected chi connectivity index (χ4v) is 1.13. The molecule has 0 aliphatic carbocycles. The van der Waals surface area contributed by atoms with E-state index in [1.165, 1.54) is 0 Å². The molecular weight excluding hydrogens is 168 g/mol. The quantitative estimate of drug-likeness (QED) is 0.681. The van der Waals surface area contributed by atoms with Gasteiger partial charge in [0, 0.05) is 18.8 Å². The van der Waals surface area contributed by atoms with Crippen LogP contribution in [0.4, 0.5) is 5.95 Å². The van der Waals surface area contributed by atoms with Gasteiger partial charge in [-0.25, -0.2) is 9.67 Å². The number of hydrogen-bond acceptors (Lipinski definition) is 4. The van der Waals surface area contributed by atoms with Crippen LogP contribution in [0.2, 0.25) is 0 Å². The van der Waals surface area contributed by atoms with Crippen molar-refractivity contribution in [2.24, 2.45) is 7.05 Å². The van der Waals surface area contributed by atoms with Gasteiger partial charge in [0.2, 0.25) is 5.95 Å². The minimum atomic E-state index is 0.295. The van der Waals surface area contributed by atoms with Crippen LogP contribution in [0.3, 0.4) is 0 Å². The second kappa shape index (κ2) is 2.89. The predicted octanol–water partition coefficient (Wildman–Crippen LogP) is -0.358. The zero-order chi connectivity index (χ0) is 9.26. The Morgan fingerprint density at radius 1 is 1.54 bits per heavy atom. The summed E-state index contributed by atoms with van der Waals surface area (Å²) in [5.41, 5.74) is 6.45. The van der Waals surface area contributed by atoms with E-state index in [1.54, 1.807) is 21.9 Å². The van der Waals surface area contributed by atoms with E-state index in [1.807, 2.05) is 13.2 Å². The van der Waals surface area contributed by atoms with E-state index in [2.05, 4.69) is 15.2 Å². The van der Waals surface area contributed by atoms with Gasteiger partial charge in [-0.05, 0) is 0 Å². The van der Waals surface area contributed by atoms with Gasteiger partial charge in [-0.1, -0.05) is 0 Å². The molecule has 6 nitrogen and oxygen atoms in total. The summed E-state index contributed by atoms with van der Waals surface area (Å²) in [6.45, 7) is 0.651. The third kappa shape index (κ3) is 1.66. The highest BCUT2D eigenvalue weighted by Crippen LogP contribution is 1.99. The molecule has 0 unspecified atom stereocenters. The lowest BCUT2D eigenvalue weighted by molar-refractivity contribution is 0.686. The molecule has 6 heteroatoms. The van der Waals surface area contributed by atoms with Crippen molar-refractivity contribution in [3.05, 3.63) is 24.3 Å². The van der Waals surface area contributed by atoms with Crippen LogP contribution in [-0.2, 0) is 13.6 Å². The SMILES string of the molecule is Cn1cc(Cn2cnc(N)n2)cn1. The van der Waals surface area contributed by atoms with E-state index >= 15 is 0 Å². The van der Waals surface area contributed by atoms with Gasteiger partial charge in [-0.2, -0.15) is 5.10 Å². The molecule has 2 aromatic rings. The van der Waals surface area contributed by atoms with Crippen molar-refractivity contribution in [1.82, 2.24) is 24.5 Å². The van der Waals surface area contributed by atoms with Gasteiger partial charge in [-0.3, -0.25) is 4.68 Å². The third-order valence-electron chi connectivity index (χ3n) is 1.66. The first-order valence-corrected chi connectivity index (χ1v) is 3.86. The van der Waals surface area contributed by atoms with Crippen LogP contribution in [-0.4, -0.2) is 24.5 Å². The van der Waals surface area contributed by atoms with Crippen molar-refractivity contribution < 1.29 is 0 Å². The van der Waals surface area contributed by atoms with E-state index in [0.717, 1.165) is 5.56 Å². The summed E-state index contributed by atoms with van der Waals surface area (Å²) in [6, 6.07) is 0. The lowest BCUT2D eigenvalue weighted by Gasteiger charge is -1.94. The Balaban J connectivity index is 2.14. The summed E-state index contributed by atoms with van der Waals surface area (Å²) in [7, 11) is 1.87. The maximum atomic E-state index is 5.37. The summed E-state index contributed by atoms with van der Waals surface area (Å²) < 4.78 is 3.42. The van der Waals surface area contributed by atoms with Gasteiger partial charge in [0.15, 0.2) is 0 Å². The van der Waals surface area contributed by atoms with Crippen molar-refractivity contribution in [3.63, 3.8) is 0 Å². The second-order valence-corrected chi connectivity index (χ2v) is 2.82. The Kier molecular flexibility index (Phi) is 1.73. The molecule has 0 atom stereocenters. The monoisotopic (exact) mass is 178 g/mol. The normalized spacial score (nSPS) is 10.5. The first kappa shape index (κ1) is 7.78. The van der Waals surface area contributed by atoms with Crippen molar-refractivity contribution in [3.8, 4) is 0 Å². The van der Waals surface area contributed by atoms with Crippen molar-refractivity contribution in [1.29, 1.82) is 0 Å². The Morgan fingerprint density at radius 2 is 2.38 bits per heavy atom. The second-order valence-electron chi connectivity index (χ2n) is 2.82. The highest BCUT2D eigenvalue weighted by Gasteiger charge is 1.99. The van der Waals surface area contributed by atoms with Crippen LogP contribution in [0.25, 0.3) is 0 Å². The first-order chi connectivity index (χ1) is 6.24. The summed E-state index contributed by atoms with van der Waals surface area (Å²) in [4.78, 5) is 3.82. The molecule has 0 radical (unpaired) electrons. The number of rotatable bonds is 2. The van der Waals surface area contributed by atoms with Crippen LogP contribution >= 0.6 is 0 Å². The number of aryl methyl sites for hydroxylation is 1. The van der Waals surface area contributed by atoms with Crippen molar-refractivity contribution in [2.45, 2.75) is 6.54 Å². The van der Waals surface area contributed by atoms with Crippen LogP contribution in [0.1, 0.15) is 5.56 Å². The maximum Gasteiger partial charge on any atom is 0.239 e. The van der Waals surface area contributed by atoms with E-state index in [9.17, 15) is 0 Å². The van der Waals surface area contributed by atoms with E-state index in [0.29, 0.717) is 12.5 Å². The largest absolute Gasteiger partial charge is 0.367 e. The fraction of sp³-hybridized carbons (Fsp3) is 0.286. The van der Waals surface area contributed by atoms with Crippen LogP contribution in [0.15, 0.2) is 18.7 Å². The Morgan fingerprint density at radius 3 is 2.92 bits per heavy atom. The molecule has 0 amide bonds. The van der Waals surface area contributed by atoms with Gasteiger partial charge in [-0.15, -0.1) is 5.10 Å². The molecule has 0 fully saturated rings. The molecule has 2 aromatic heterocycles. The Bertz CT molecular complexity index is 362. The predicted molar refractivity (Wildman–Crippen MR) is 46.7 cm³/mol. The average Bonchev–Trinajstić information content (AvgIpc) is 2.62. The number of anilines is 1. The summed E-state index contributed by atoms with van der Waals surface area (Å²) in [5.74, 6) is 0.295. The number of nitrogen functional groups attached to an aromatic ring is 1. The zero-order valence-electron chi connectivity index (χ0n) is 7.25. The molecule has 0 bridgehead atoms. The molecule has 68 valence electrons. The average molecular weight is 178 g/mol. The first-order valence-electron chi connectivity index (χ1n) is 3.86. The molecule has 0 saturated carbocycles. The highest BCUT2D eigenvalue weighted by atomic mass is 15.4. The molecule has 0 aliphatic heterocycles. The maximum absolute atomic E-state index is 5.37. The van der Waals surface area contributed by atoms with Gasteiger partial charge >= 0.3 is 0 Å². The minimum absolute atomic E-state index is 0.295. The topological polar surface area (TPSA) is 74.5 Å². The molecule has 2 rings (SSSR count). The molecule has 13 heavy (non-hydrogen) atoms. The van der Waals surface area contributed by atoms with Gasteiger partial charge in [0.1, 0.15) is 6.33 Å². The minimum Gasteiger partial charge on any atom is -0.367 e. The zero-order valence-corrected chi connectivity index (χ0v) is 7.25. The molecule has 0 saturated heterocycles. The number of nitrogens with two attached hydrogens (primary N) is 1. The lowest BCUT2D eigenvalue weighted by Crippen LogP contribution is -2.00. The van der Waals surface area contributed by atoms with Crippen LogP contribution < -0.4 is 5.73 Å². The van der Waals surface area contributed by atoms with E-state index in [-0.39, 0.29) is 0 Å². The number of nitrogens with zero attached hydrogens (tertiary/aromatic N) is 5. The summed E-state index contributed by atoms with van der Waals surface area (Å²) >= 11 is 0. The van der Waals surface area contributed by atoms with Gasteiger partial charge in [0.25, 0.3) is 0 Å². The standard InChI is InChI=1S/C7H10N6/c1-12-3-6(2-10-12)4-13-5-9-7(8)11-13/h2-3,5H,4H2,1H3,(H2,8,11). The molecular formula is C7H10N6. The van der Waals surface area contributed by atoms with Gasteiger partial charge in [0.05, 0.1) is 12.7 Å². The number of aromatic nitrogens is 5. The van der Waals surface area contributed by atoms with E-state index < -0.39 is 0 Å². The Hall–Kier alpha value is -1.85. The third-order valence-corrected chi connectivity index (χ3v) is 1.66. The smallest absolute Gasteiger partial charge is 0.239 e. The molecule has 0 spiro atoms. The summed E-state index contributed by atoms with van der Waals surface area (Å²) in [6.07, 6.45) is 5.32. The van der Waals surface area contributed by atoms with Crippen LogP contribution in [0, 0.1) is 0 Å². The highest BCUT2D eigenvalue weighted by molar-refractivity contribution is 5.11. The van der Waals surface area contributed by atoms with E-state index in [4.69, 9.17) is 5.73 Å². The Labute approximate surface area is 75.0 Å². The molecule has 2 heterocycles. The van der Waals surface area contributed by atoms with Crippen molar-refractivity contribution in [2.75, 3.05) is 5.73 Å². The molecule has 0 aromatic carbocycles. The fourth-order valence-electron chi connectivity index (χ4n) is 1.13. The summed E-state index contributed by atoms with van der Waals surface area (Å²) in [5, 5.41) is 8.01. The molecule has 0 aliphatic rings. The van der Waals surface area contributed by atoms with Gasteiger partial charge < -0.3 is 5.73 Å². The lowest BCUT2D eigenvalue weighted by atomic mass is 10.4. The number of hydrogen-bond donors (Lipinski definition) is 1. The molecule has 2 N–H and O–H groups in total. The van der Waals surface area contributed by atoms with Crippen LogP contribution in [0.5, 0.6) is 0 Å².